The number of carbonyl (C=O) groups is 1. The molecule has 2 nitrogen and oxygen atoms in total. The van der Waals surface area contributed by atoms with Gasteiger partial charge in [-0.05, 0) is 78.5 Å². The number of fused-ring (bicyclic) bond motifs is 5. The lowest BCUT2D eigenvalue weighted by atomic mass is 9.89. The molecule has 2 aromatic rings. The predicted octanol–water partition coefficient (Wildman–Crippen LogP) is 5.37. The molecule has 0 radical (unpaired) electrons. The number of carboxylic acids is 1. The van der Waals surface area contributed by atoms with E-state index < -0.39 is 5.97 Å². The Kier molecular flexibility index (Phi) is 3.19. The summed E-state index contributed by atoms with van der Waals surface area (Å²) in [7, 11) is 0. The Labute approximate surface area is 134 Å². The smallest absolute Gasteiger partial charge is 0.345 e. The van der Waals surface area contributed by atoms with Gasteiger partial charge in [0.15, 0.2) is 0 Å². The monoisotopic (exact) mass is 310 g/mol. The van der Waals surface area contributed by atoms with E-state index in [2.05, 4.69) is 31.2 Å². The van der Waals surface area contributed by atoms with Crippen LogP contribution in [0.2, 0.25) is 0 Å². The first-order valence-corrected chi connectivity index (χ1v) is 8.59. The summed E-state index contributed by atoms with van der Waals surface area (Å²) in [6.07, 6.45) is 6.14. The molecule has 0 spiro atoms. The summed E-state index contributed by atoms with van der Waals surface area (Å²) >= 11 is 1.33. The van der Waals surface area contributed by atoms with E-state index >= 15 is 0 Å². The fourth-order valence-electron chi connectivity index (χ4n) is 3.93. The van der Waals surface area contributed by atoms with Gasteiger partial charge >= 0.3 is 5.97 Å². The van der Waals surface area contributed by atoms with E-state index in [1.807, 2.05) is 6.07 Å². The van der Waals surface area contributed by atoms with E-state index in [-0.39, 0.29) is 0 Å². The topological polar surface area (TPSA) is 37.3 Å². The van der Waals surface area contributed by atoms with Crippen molar-refractivity contribution in [2.75, 3.05) is 0 Å². The zero-order chi connectivity index (χ0) is 15.3. The van der Waals surface area contributed by atoms with E-state index in [0.717, 1.165) is 16.7 Å². The third-order valence-electron chi connectivity index (χ3n) is 5.05. The summed E-state index contributed by atoms with van der Waals surface area (Å²) in [4.78, 5) is 12.4. The third kappa shape index (κ3) is 2.20. The average Bonchev–Trinajstić information content (AvgIpc) is 3.22. The van der Waals surface area contributed by atoms with E-state index in [1.54, 1.807) is 17.2 Å². The first kappa shape index (κ1) is 13.8. The second-order valence-corrected chi connectivity index (χ2v) is 7.50. The third-order valence-corrected chi connectivity index (χ3v) is 6.07. The van der Waals surface area contributed by atoms with E-state index in [0.29, 0.717) is 4.88 Å². The van der Waals surface area contributed by atoms with Crippen LogP contribution in [0.1, 0.15) is 69.3 Å². The Bertz CT molecular complexity index is 784. The highest BCUT2D eigenvalue weighted by Gasteiger charge is 2.36. The van der Waals surface area contributed by atoms with Gasteiger partial charge in [0, 0.05) is 4.88 Å². The molecule has 0 saturated heterocycles. The van der Waals surface area contributed by atoms with Crippen LogP contribution in [0, 0.1) is 0 Å². The maximum Gasteiger partial charge on any atom is 0.345 e. The highest BCUT2D eigenvalue weighted by atomic mass is 32.1. The summed E-state index contributed by atoms with van der Waals surface area (Å²) in [5, 5.41) is 9.01. The normalized spacial score (nSPS) is 22.9. The zero-order valence-electron chi connectivity index (χ0n) is 12.5. The van der Waals surface area contributed by atoms with Gasteiger partial charge in [0.1, 0.15) is 4.88 Å². The van der Waals surface area contributed by atoms with Gasteiger partial charge in [-0.25, -0.2) is 4.79 Å². The van der Waals surface area contributed by atoms with Crippen LogP contribution in [0.15, 0.2) is 30.3 Å². The molecule has 2 aliphatic carbocycles. The molecule has 2 unspecified atom stereocenters. The predicted molar refractivity (Wildman–Crippen MR) is 90.6 cm³/mol. The van der Waals surface area contributed by atoms with Crippen molar-refractivity contribution >= 4 is 29.0 Å². The van der Waals surface area contributed by atoms with Crippen LogP contribution < -0.4 is 0 Å². The van der Waals surface area contributed by atoms with Gasteiger partial charge in [0.05, 0.1) is 0 Å². The molecule has 1 saturated carbocycles. The number of aromatic carboxylic acids is 1. The van der Waals surface area contributed by atoms with Crippen molar-refractivity contribution in [2.24, 2.45) is 0 Å². The standard InChI is InChI=1S/C19H18O2S/c1-11(8-15-5-7-18(22-15)19(20)21)12-4-6-16-13-2-3-14(9-13)17(16)10-12/h4-8,10,13-14H,2-3,9H2,1H3,(H,20,21)/b11-8+. The molecule has 2 aliphatic rings. The lowest BCUT2D eigenvalue weighted by Crippen LogP contribution is -1.98. The fourth-order valence-corrected chi connectivity index (χ4v) is 4.78. The molecule has 1 aromatic carbocycles. The van der Waals surface area contributed by atoms with Gasteiger partial charge in [-0.2, -0.15) is 0 Å². The first-order valence-electron chi connectivity index (χ1n) is 7.77. The number of rotatable bonds is 3. The summed E-state index contributed by atoms with van der Waals surface area (Å²) in [6.45, 7) is 2.11. The van der Waals surface area contributed by atoms with Crippen molar-refractivity contribution in [3.63, 3.8) is 0 Å². The Hall–Kier alpha value is -1.87. The highest BCUT2D eigenvalue weighted by molar-refractivity contribution is 7.14. The molecule has 22 heavy (non-hydrogen) atoms. The van der Waals surface area contributed by atoms with Crippen molar-refractivity contribution in [3.8, 4) is 0 Å². The maximum atomic E-state index is 11.0. The second-order valence-electron chi connectivity index (χ2n) is 6.39. The van der Waals surface area contributed by atoms with Gasteiger partial charge in [-0.1, -0.05) is 18.2 Å². The second kappa shape index (κ2) is 5.10. The Morgan fingerprint density at radius 3 is 2.68 bits per heavy atom. The van der Waals surface area contributed by atoms with Crippen LogP contribution >= 0.6 is 11.3 Å². The van der Waals surface area contributed by atoms with Crippen LogP contribution in [0.3, 0.4) is 0 Å². The largest absolute Gasteiger partial charge is 0.477 e. The number of allylic oxidation sites excluding steroid dienone is 1. The SMILES string of the molecule is C/C(=C\c1ccc(C(=O)O)s1)c1ccc2c(c1)C1CCC2C1. The highest BCUT2D eigenvalue weighted by Crippen LogP contribution is 2.53. The molecular formula is C19H18O2S. The molecule has 0 amide bonds. The average molecular weight is 310 g/mol. The Morgan fingerprint density at radius 2 is 1.95 bits per heavy atom. The minimum absolute atomic E-state index is 0.394. The number of hydrogen-bond donors (Lipinski definition) is 1. The molecule has 3 heteroatoms. The minimum Gasteiger partial charge on any atom is -0.477 e. The van der Waals surface area contributed by atoms with Crippen LogP contribution in [-0.2, 0) is 0 Å². The number of carboxylic acid groups (broad SMARTS) is 1. The van der Waals surface area contributed by atoms with E-state index in [4.69, 9.17) is 5.11 Å². The maximum absolute atomic E-state index is 11.0. The zero-order valence-corrected chi connectivity index (χ0v) is 13.3. The Balaban J connectivity index is 1.65. The van der Waals surface area contributed by atoms with Crippen LogP contribution in [0.5, 0.6) is 0 Å². The van der Waals surface area contributed by atoms with Crippen LogP contribution in [-0.4, -0.2) is 11.1 Å². The van der Waals surface area contributed by atoms with Crippen molar-refractivity contribution < 1.29 is 9.90 Å². The molecule has 1 heterocycles. The summed E-state index contributed by atoms with van der Waals surface area (Å²) in [5.41, 5.74) is 5.58. The van der Waals surface area contributed by atoms with E-state index in [1.165, 1.54) is 41.7 Å². The molecule has 1 N–H and O–H groups in total. The molecule has 112 valence electrons. The molecule has 1 fully saturated rings. The lowest BCUT2D eigenvalue weighted by molar-refractivity contribution is 0.0702. The Morgan fingerprint density at radius 1 is 1.18 bits per heavy atom. The molecule has 2 atom stereocenters. The van der Waals surface area contributed by atoms with Crippen LogP contribution in [0.4, 0.5) is 0 Å². The fraction of sp³-hybridized carbons (Fsp3) is 0.316. The molecule has 4 rings (SSSR count). The van der Waals surface area contributed by atoms with Crippen LogP contribution in [0.25, 0.3) is 11.6 Å². The summed E-state index contributed by atoms with van der Waals surface area (Å²) < 4.78 is 0. The number of thiophene rings is 1. The summed E-state index contributed by atoms with van der Waals surface area (Å²) in [5.74, 6) is 0.720. The molecule has 1 aromatic heterocycles. The van der Waals surface area contributed by atoms with Gasteiger partial charge in [-0.3, -0.25) is 0 Å². The van der Waals surface area contributed by atoms with Gasteiger partial charge in [0.2, 0.25) is 0 Å². The van der Waals surface area contributed by atoms with Gasteiger partial charge < -0.3 is 5.11 Å². The van der Waals surface area contributed by atoms with Crippen molar-refractivity contribution in [1.82, 2.24) is 0 Å². The van der Waals surface area contributed by atoms with Crippen molar-refractivity contribution in [1.29, 1.82) is 0 Å². The molecule has 0 aliphatic heterocycles. The summed E-state index contributed by atoms with van der Waals surface area (Å²) in [6, 6.07) is 10.4. The molecule has 2 bridgehead atoms. The quantitative estimate of drug-likeness (QED) is 0.827. The molecular weight excluding hydrogens is 292 g/mol. The van der Waals surface area contributed by atoms with Gasteiger partial charge in [-0.15, -0.1) is 11.3 Å². The lowest BCUT2D eigenvalue weighted by Gasteiger charge is -2.16. The number of hydrogen-bond acceptors (Lipinski definition) is 2. The minimum atomic E-state index is -0.851. The van der Waals surface area contributed by atoms with E-state index in [9.17, 15) is 4.79 Å². The van der Waals surface area contributed by atoms with Crippen molar-refractivity contribution in [2.45, 2.75) is 38.0 Å². The van der Waals surface area contributed by atoms with Crippen molar-refractivity contribution in [3.05, 3.63) is 56.8 Å². The first-order chi connectivity index (χ1) is 10.6. The van der Waals surface area contributed by atoms with Gasteiger partial charge in [0.25, 0.3) is 0 Å². The number of benzene rings is 1.